The molecular formula is C17H26N2O3S. The summed E-state index contributed by atoms with van der Waals surface area (Å²) >= 11 is 0. The highest BCUT2D eigenvalue weighted by Crippen LogP contribution is 2.23. The lowest BCUT2D eigenvalue weighted by Crippen LogP contribution is -2.44. The van der Waals surface area contributed by atoms with E-state index in [0.29, 0.717) is 0 Å². The lowest BCUT2D eigenvalue weighted by Gasteiger charge is -2.27. The summed E-state index contributed by atoms with van der Waals surface area (Å²) in [5, 5.41) is 5.94. The molecule has 23 heavy (non-hydrogen) atoms. The maximum Gasteiger partial charge on any atom is 0.315 e. The molecule has 2 N–H and O–H groups in total. The number of nitrogens with one attached hydrogen (secondary N) is 2. The second kappa shape index (κ2) is 7.34. The Bertz CT molecular complexity index is 632. The van der Waals surface area contributed by atoms with E-state index in [1.807, 2.05) is 6.92 Å². The number of urea groups is 1. The van der Waals surface area contributed by atoms with Gasteiger partial charge in [-0.05, 0) is 56.2 Å². The van der Waals surface area contributed by atoms with Gasteiger partial charge in [-0.1, -0.05) is 19.1 Å². The number of hydrogen-bond donors (Lipinski definition) is 2. The van der Waals surface area contributed by atoms with E-state index < -0.39 is 9.84 Å². The van der Waals surface area contributed by atoms with E-state index >= 15 is 0 Å². The van der Waals surface area contributed by atoms with Gasteiger partial charge in [0.2, 0.25) is 0 Å². The van der Waals surface area contributed by atoms with Gasteiger partial charge in [0, 0.05) is 12.3 Å². The molecule has 1 aliphatic carbocycles. The highest BCUT2D eigenvalue weighted by atomic mass is 32.2. The van der Waals surface area contributed by atoms with Gasteiger partial charge in [-0.15, -0.1) is 0 Å². The topological polar surface area (TPSA) is 75.3 Å². The maximum absolute atomic E-state index is 12.1. The van der Waals surface area contributed by atoms with Gasteiger partial charge in [0.25, 0.3) is 0 Å². The van der Waals surface area contributed by atoms with Crippen LogP contribution in [0.1, 0.15) is 51.1 Å². The number of rotatable bonds is 4. The summed E-state index contributed by atoms with van der Waals surface area (Å²) in [6, 6.07) is 6.54. The fraction of sp³-hybridized carbons (Fsp3) is 0.588. The molecule has 0 aromatic heterocycles. The average Bonchev–Trinajstić information content (AvgIpc) is 2.49. The third-order valence-electron chi connectivity index (χ3n) is 4.51. The molecule has 5 nitrogen and oxygen atoms in total. The van der Waals surface area contributed by atoms with Crippen LogP contribution in [0.25, 0.3) is 0 Å². The Kier molecular flexibility index (Phi) is 5.68. The molecule has 0 bridgehead atoms. The fourth-order valence-electron chi connectivity index (χ4n) is 2.92. The van der Waals surface area contributed by atoms with E-state index in [1.165, 1.54) is 6.26 Å². The lowest BCUT2D eigenvalue weighted by atomic mass is 9.87. The molecule has 0 saturated heterocycles. The van der Waals surface area contributed by atoms with Gasteiger partial charge in [-0.3, -0.25) is 0 Å². The Morgan fingerprint density at radius 3 is 2.22 bits per heavy atom. The van der Waals surface area contributed by atoms with Gasteiger partial charge >= 0.3 is 6.03 Å². The summed E-state index contributed by atoms with van der Waals surface area (Å²) in [5.74, 6) is 0.753. The minimum Gasteiger partial charge on any atom is -0.335 e. The van der Waals surface area contributed by atoms with Gasteiger partial charge in [0.15, 0.2) is 9.84 Å². The van der Waals surface area contributed by atoms with E-state index in [0.717, 1.165) is 37.2 Å². The molecule has 2 rings (SSSR count). The molecule has 1 fully saturated rings. The summed E-state index contributed by atoms with van der Waals surface area (Å²) in [7, 11) is -3.19. The van der Waals surface area contributed by atoms with Crippen LogP contribution in [-0.2, 0) is 9.84 Å². The highest BCUT2D eigenvalue weighted by molar-refractivity contribution is 7.90. The van der Waals surface area contributed by atoms with E-state index in [9.17, 15) is 13.2 Å². The summed E-state index contributed by atoms with van der Waals surface area (Å²) < 4.78 is 22.9. The predicted octanol–water partition coefficient (Wildman–Crippen LogP) is 3.03. The van der Waals surface area contributed by atoms with Crippen molar-refractivity contribution in [1.82, 2.24) is 10.6 Å². The molecule has 0 heterocycles. The van der Waals surface area contributed by atoms with Crippen molar-refractivity contribution in [1.29, 1.82) is 0 Å². The zero-order valence-electron chi connectivity index (χ0n) is 14.0. The average molecular weight is 338 g/mol. The van der Waals surface area contributed by atoms with Crippen molar-refractivity contribution in [2.45, 2.75) is 56.5 Å². The third-order valence-corrected chi connectivity index (χ3v) is 5.64. The zero-order chi connectivity index (χ0) is 17.0. The van der Waals surface area contributed by atoms with Crippen LogP contribution in [0.4, 0.5) is 4.79 Å². The van der Waals surface area contributed by atoms with Crippen LogP contribution in [0, 0.1) is 5.92 Å². The molecule has 1 aromatic carbocycles. The molecule has 1 aliphatic rings. The minimum absolute atomic E-state index is 0.163. The maximum atomic E-state index is 12.1. The van der Waals surface area contributed by atoms with Crippen LogP contribution in [0.5, 0.6) is 0 Å². The quantitative estimate of drug-likeness (QED) is 0.886. The van der Waals surface area contributed by atoms with Crippen LogP contribution in [0.3, 0.4) is 0 Å². The third kappa shape index (κ3) is 5.23. The first kappa shape index (κ1) is 17.8. The van der Waals surface area contributed by atoms with Crippen molar-refractivity contribution in [3.63, 3.8) is 0 Å². The predicted molar refractivity (Wildman–Crippen MR) is 91.1 cm³/mol. The molecule has 1 aromatic rings. The summed E-state index contributed by atoms with van der Waals surface area (Å²) in [6.07, 6.45) is 5.57. The van der Waals surface area contributed by atoms with Crippen LogP contribution in [0.2, 0.25) is 0 Å². The lowest BCUT2D eigenvalue weighted by molar-refractivity contribution is 0.225. The molecule has 6 heteroatoms. The van der Waals surface area contributed by atoms with Crippen molar-refractivity contribution in [3.05, 3.63) is 29.8 Å². The monoisotopic (exact) mass is 338 g/mol. The molecule has 1 saturated carbocycles. The van der Waals surface area contributed by atoms with Crippen molar-refractivity contribution < 1.29 is 13.2 Å². The molecule has 128 valence electrons. The molecule has 1 atom stereocenters. The number of hydrogen-bond acceptors (Lipinski definition) is 3. The standard InChI is InChI=1S/C17H26N2O3S/c1-12-4-8-15(9-5-12)19-17(20)18-13(2)14-6-10-16(11-7-14)23(3,21)22/h6-7,10-13,15H,4-5,8-9H2,1-3H3,(H2,18,19,20). The molecule has 2 amide bonds. The van der Waals surface area contributed by atoms with Gasteiger partial charge in [0.1, 0.15) is 0 Å². The molecule has 0 aliphatic heterocycles. The second-order valence-electron chi connectivity index (χ2n) is 6.64. The largest absolute Gasteiger partial charge is 0.335 e. The molecular weight excluding hydrogens is 312 g/mol. The smallest absolute Gasteiger partial charge is 0.315 e. The Hall–Kier alpha value is -1.56. The van der Waals surface area contributed by atoms with Gasteiger partial charge in [0.05, 0.1) is 10.9 Å². The number of amides is 2. The first-order valence-electron chi connectivity index (χ1n) is 8.12. The zero-order valence-corrected chi connectivity index (χ0v) is 14.8. The van der Waals surface area contributed by atoms with E-state index in [1.54, 1.807) is 24.3 Å². The number of carbonyl (C=O) groups excluding carboxylic acids is 1. The Morgan fingerprint density at radius 1 is 1.13 bits per heavy atom. The first-order valence-corrected chi connectivity index (χ1v) is 10.0. The fourth-order valence-corrected chi connectivity index (χ4v) is 3.55. The van der Waals surface area contributed by atoms with E-state index in [2.05, 4.69) is 17.6 Å². The van der Waals surface area contributed by atoms with Crippen LogP contribution in [-0.4, -0.2) is 26.7 Å². The Balaban J connectivity index is 1.88. The van der Waals surface area contributed by atoms with Crippen molar-refractivity contribution >= 4 is 15.9 Å². The first-order chi connectivity index (χ1) is 10.8. The normalized spacial score (nSPS) is 23.1. The van der Waals surface area contributed by atoms with E-state index in [-0.39, 0.29) is 23.0 Å². The highest BCUT2D eigenvalue weighted by Gasteiger charge is 2.20. The summed E-state index contributed by atoms with van der Waals surface area (Å²) in [6.45, 7) is 4.14. The van der Waals surface area contributed by atoms with Crippen LogP contribution >= 0.6 is 0 Å². The number of carbonyl (C=O) groups is 1. The molecule has 0 radical (unpaired) electrons. The van der Waals surface area contributed by atoms with Gasteiger partial charge in [-0.25, -0.2) is 13.2 Å². The van der Waals surface area contributed by atoms with Gasteiger partial charge < -0.3 is 10.6 Å². The number of benzene rings is 1. The minimum atomic E-state index is -3.19. The SMILES string of the molecule is CC1CCC(NC(=O)NC(C)c2ccc(S(C)(=O)=O)cc2)CC1. The Labute approximate surface area is 138 Å². The van der Waals surface area contributed by atoms with E-state index in [4.69, 9.17) is 0 Å². The van der Waals surface area contributed by atoms with Crippen LogP contribution < -0.4 is 10.6 Å². The summed E-state index contributed by atoms with van der Waals surface area (Å²) in [5.41, 5.74) is 0.879. The summed E-state index contributed by atoms with van der Waals surface area (Å²) in [4.78, 5) is 12.4. The molecule has 0 spiro atoms. The van der Waals surface area contributed by atoms with Crippen molar-refractivity contribution in [3.8, 4) is 0 Å². The second-order valence-corrected chi connectivity index (χ2v) is 8.65. The van der Waals surface area contributed by atoms with Crippen molar-refractivity contribution in [2.24, 2.45) is 5.92 Å². The van der Waals surface area contributed by atoms with Crippen molar-refractivity contribution in [2.75, 3.05) is 6.26 Å². The Morgan fingerprint density at radius 2 is 1.70 bits per heavy atom. The number of sulfone groups is 1. The van der Waals surface area contributed by atoms with Gasteiger partial charge in [-0.2, -0.15) is 0 Å². The van der Waals surface area contributed by atoms with Crippen LogP contribution in [0.15, 0.2) is 29.2 Å². The molecule has 1 unspecified atom stereocenters.